The summed E-state index contributed by atoms with van der Waals surface area (Å²) < 4.78 is 5.22. The molecule has 0 aromatic heterocycles. The van der Waals surface area contributed by atoms with E-state index in [1.807, 2.05) is 0 Å². The highest BCUT2D eigenvalue weighted by Crippen LogP contribution is 2.20. The first kappa shape index (κ1) is 11.2. The Morgan fingerprint density at radius 3 is 2.43 bits per heavy atom. The van der Waals surface area contributed by atoms with Crippen LogP contribution < -0.4 is 0 Å². The van der Waals surface area contributed by atoms with E-state index in [0.717, 1.165) is 19.3 Å². The highest BCUT2D eigenvalue weighted by atomic mass is 16.6. The fourth-order valence-electron chi connectivity index (χ4n) is 1.73. The summed E-state index contributed by atoms with van der Waals surface area (Å²) in [5.41, 5.74) is -0.620. The van der Waals surface area contributed by atoms with Crippen molar-refractivity contribution in [3.8, 4) is 0 Å². The van der Waals surface area contributed by atoms with Crippen LogP contribution in [0.5, 0.6) is 0 Å². The quantitative estimate of drug-likeness (QED) is 0.560. The number of ether oxygens (including phenoxy) is 1. The Kier molecular flexibility index (Phi) is 3.67. The van der Waals surface area contributed by atoms with E-state index in [-0.39, 0.29) is 11.8 Å². The maximum Gasteiger partial charge on any atom is 0.306 e. The zero-order valence-electron chi connectivity index (χ0n) is 8.97. The number of rotatable bonds is 0. The lowest BCUT2D eigenvalue weighted by Gasteiger charge is -2.25. The topological polar surface area (TPSA) is 43.4 Å². The summed E-state index contributed by atoms with van der Waals surface area (Å²) in [5, 5.41) is 0. The molecule has 1 rings (SSSR count). The number of hydrogen-bond donors (Lipinski definition) is 0. The Labute approximate surface area is 84.8 Å². The molecule has 0 radical (unpaired) electrons. The third-order valence-corrected chi connectivity index (χ3v) is 2.35. The lowest BCUT2D eigenvalue weighted by molar-refractivity contribution is -0.158. The largest absolute Gasteiger partial charge is 0.459 e. The van der Waals surface area contributed by atoms with Crippen molar-refractivity contribution in [2.24, 2.45) is 0 Å². The molecule has 1 aliphatic rings. The standard InChI is InChI=1S/C11H18O3/c1-11(2)8-9(12)6-4-3-5-7-10(13)14-11/h3-8H2,1-2H3. The lowest BCUT2D eigenvalue weighted by Crippen LogP contribution is -2.31. The van der Waals surface area contributed by atoms with Gasteiger partial charge in [0.2, 0.25) is 0 Å². The summed E-state index contributed by atoms with van der Waals surface area (Å²) in [6.45, 7) is 3.59. The lowest BCUT2D eigenvalue weighted by atomic mass is 9.97. The van der Waals surface area contributed by atoms with Crippen LogP contribution in [0.15, 0.2) is 0 Å². The molecule has 0 spiro atoms. The van der Waals surface area contributed by atoms with Crippen molar-refractivity contribution in [1.29, 1.82) is 0 Å². The monoisotopic (exact) mass is 198 g/mol. The molecular formula is C11H18O3. The maximum atomic E-state index is 11.4. The average molecular weight is 198 g/mol. The Hall–Kier alpha value is -0.860. The summed E-state index contributed by atoms with van der Waals surface area (Å²) in [7, 11) is 0. The van der Waals surface area contributed by atoms with Crippen LogP contribution in [0.3, 0.4) is 0 Å². The van der Waals surface area contributed by atoms with Gasteiger partial charge in [-0.05, 0) is 26.7 Å². The Bertz CT molecular complexity index is 209. The Morgan fingerprint density at radius 1 is 1.07 bits per heavy atom. The summed E-state index contributed by atoms with van der Waals surface area (Å²) in [5.74, 6) is 0.0226. The van der Waals surface area contributed by atoms with Gasteiger partial charge >= 0.3 is 5.97 Å². The van der Waals surface area contributed by atoms with E-state index >= 15 is 0 Å². The number of hydrogen-bond acceptors (Lipinski definition) is 3. The molecule has 0 bridgehead atoms. The molecule has 1 aliphatic heterocycles. The van der Waals surface area contributed by atoms with Crippen LogP contribution >= 0.6 is 0 Å². The van der Waals surface area contributed by atoms with Gasteiger partial charge in [-0.15, -0.1) is 0 Å². The van der Waals surface area contributed by atoms with Crippen LogP contribution in [0.4, 0.5) is 0 Å². The third-order valence-electron chi connectivity index (χ3n) is 2.35. The predicted molar refractivity (Wildman–Crippen MR) is 52.9 cm³/mol. The first-order chi connectivity index (χ1) is 6.49. The van der Waals surface area contributed by atoms with E-state index in [9.17, 15) is 9.59 Å². The minimum Gasteiger partial charge on any atom is -0.459 e. The second kappa shape index (κ2) is 4.58. The smallest absolute Gasteiger partial charge is 0.306 e. The second-order valence-electron chi connectivity index (χ2n) is 4.51. The molecular weight excluding hydrogens is 180 g/mol. The SMILES string of the molecule is CC1(C)CC(=O)CCCCCC(=O)O1. The van der Waals surface area contributed by atoms with Gasteiger partial charge in [0, 0.05) is 19.3 Å². The van der Waals surface area contributed by atoms with Crippen LogP contribution in [0, 0.1) is 0 Å². The van der Waals surface area contributed by atoms with Crippen LogP contribution in [0.1, 0.15) is 52.4 Å². The van der Waals surface area contributed by atoms with Crippen molar-refractivity contribution >= 4 is 11.8 Å². The van der Waals surface area contributed by atoms with E-state index in [1.54, 1.807) is 13.8 Å². The first-order valence-corrected chi connectivity index (χ1v) is 5.23. The number of esters is 1. The number of Topliss-reactive ketones (excluding diaryl/α,β-unsaturated/α-hetero) is 1. The van der Waals surface area contributed by atoms with Gasteiger partial charge < -0.3 is 4.74 Å². The summed E-state index contributed by atoms with van der Waals surface area (Å²) >= 11 is 0. The van der Waals surface area contributed by atoms with Crippen LogP contribution in [0.2, 0.25) is 0 Å². The third kappa shape index (κ3) is 3.90. The van der Waals surface area contributed by atoms with E-state index in [0.29, 0.717) is 19.3 Å². The summed E-state index contributed by atoms with van der Waals surface area (Å²) in [4.78, 5) is 22.7. The molecule has 0 atom stereocenters. The molecule has 0 aromatic carbocycles. The molecule has 0 aromatic rings. The van der Waals surface area contributed by atoms with Gasteiger partial charge in [-0.25, -0.2) is 0 Å². The molecule has 0 amide bonds. The Morgan fingerprint density at radius 2 is 1.71 bits per heavy atom. The molecule has 14 heavy (non-hydrogen) atoms. The molecule has 0 aliphatic carbocycles. The maximum absolute atomic E-state index is 11.4. The predicted octanol–water partition coefficient (Wildman–Crippen LogP) is 2.23. The van der Waals surface area contributed by atoms with Gasteiger partial charge in [-0.1, -0.05) is 6.42 Å². The summed E-state index contributed by atoms with van der Waals surface area (Å²) in [6, 6.07) is 0. The minimum atomic E-state index is -0.620. The van der Waals surface area contributed by atoms with Crippen LogP contribution in [0.25, 0.3) is 0 Å². The number of carbonyl (C=O) groups is 2. The number of cyclic esters (lactones) is 1. The second-order valence-corrected chi connectivity index (χ2v) is 4.51. The van der Waals surface area contributed by atoms with Crippen molar-refractivity contribution in [2.75, 3.05) is 0 Å². The van der Waals surface area contributed by atoms with E-state index in [4.69, 9.17) is 4.74 Å². The molecule has 80 valence electrons. The van der Waals surface area contributed by atoms with Gasteiger partial charge in [-0.2, -0.15) is 0 Å². The van der Waals surface area contributed by atoms with E-state index in [2.05, 4.69) is 0 Å². The highest BCUT2D eigenvalue weighted by Gasteiger charge is 2.26. The van der Waals surface area contributed by atoms with Gasteiger partial charge in [0.05, 0.1) is 0 Å². The van der Waals surface area contributed by atoms with Gasteiger partial charge in [0.1, 0.15) is 11.4 Å². The Balaban J connectivity index is 2.59. The zero-order chi connectivity index (χ0) is 10.6. The van der Waals surface area contributed by atoms with E-state index in [1.165, 1.54) is 0 Å². The van der Waals surface area contributed by atoms with Crippen molar-refractivity contribution in [3.63, 3.8) is 0 Å². The summed E-state index contributed by atoms with van der Waals surface area (Å²) in [6.07, 6.45) is 4.14. The molecule has 0 N–H and O–H groups in total. The molecule has 3 nitrogen and oxygen atoms in total. The fraction of sp³-hybridized carbons (Fsp3) is 0.818. The van der Waals surface area contributed by atoms with Crippen LogP contribution in [-0.4, -0.2) is 17.4 Å². The normalized spacial score (nSPS) is 24.1. The highest BCUT2D eigenvalue weighted by molar-refractivity contribution is 5.80. The molecule has 0 saturated carbocycles. The number of carbonyl (C=O) groups excluding carboxylic acids is 2. The van der Waals surface area contributed by atoms with Crippen molar-refractivity contribution in [2.45, 2.75) is 58.0 Å². The molecule has 1 fully saturated rings. The van der Waals surface area contributed by atoms with Crippen molar-refractivity contribution in [1.82, 2.24) is 0 Å². The molecule has 3 heteroatoms. The van der Waals surface area contributed by atoms with Crippen LogP contribution in [-0.2, 0) is 14.3 Å². The van der Waals surface area contributed by atoms with E-state index < -0.39 is 5.60 Å². The molecule has 1 heterocycles. The molecule has 1 saturated heterocycles. The number of ketones is 1. The minimum absolute atomic E-state index is 0.176. The average Bonchev–Trinajstić information content (AvgIpc) is 2.00. The van der Waals surface area contributed by atoms with Gasteiger partial charge in [0.15, 0.2) is 0 Å². The van der Waals surface area contributed by atoms with Crippen molar-refractivity contribution in [3.05, 3.63) is 0 Å². The van der Waals surface area contributed by atoms with Gasteiger partial charge in [-0.3, -0.25) is 9.59 Å². The molecule has 0 unspecified atom stereocenters. The zero-order valence-corrected chi connectivity index (χ0v) is 8.97. The van der Waals surface area contributed by atoms with Crippen molar-refractivity contribution < 1.29 is 14.3 Å². The fourth-order valence-corrected chi connectivity index (χ4v) is 1.73. The van der Waals surface area contributed by atoms with Gasteiger partial charge in [0.25, 0.3) is 0 Å². The first-order valence-electron chi connectivity index (χ1n) is 5.23.